The Kier molecular flexibility index (Phi) is 27.2. The van der Waals surface area contributed by atoms with Crippen LogP contribution in [0.4, 0.5) is 0 Å². The van der Waals surface area contributed by atoms with Crippen molar-refractivity contribution in [1.82, 2.24) is 0 Å². The van der Waals surface area contributed by atoms with Crippen LogP contribution in [0.5, 0.6) is 0 Å². The maximum Gasteiger partial charge on any atom is 0.290 e. The SMILES string of the molecule is CC=NO.O=CO. The summed E-state index contributed by atoms with van der Waals surface area (Å²) >= 11 is 0. The molecule has 0 spiro atoms. The van der Waals surface area contributed by atoms with E-state index < -0.39 is 0 Å². The second kappa shape index (κ2) is 20.4. The van der Waals surface area contributed by atoms with Crippen LogP contribution >= 0.6 is 0 Å². The molecule has 0 heterocycles. The summed E-state index contributed by atoms with van der Waals surface area (Å²) < 4.78 is 0. The van der Waals surface area contributed by atoms with Gasteiger partial charge in [-0.3, -0.25) is 4.79 Å². The molecule has 0 bridgehead atoms. The fraction of sp³-hybridized carbons (Fsp3) is 0.333. The Morgan fingerprint density at radius 3 is 1.86 bits per heavy atom. The van der Waals surface area contributed by atoms with E-state index in [2.05, 4.69) is 5.16 Å². The zero-order valence-electron chi connectivity index (χ0n) is 3.90. The van der Waals surface area contributed by atoms with Crippen molar-refractivity contribution in [2.45, 2.75) is 6.92 Å². The molecule has 0 saturated carbocycles. The van der Waals surface area contributed by atoms with Gasteiger partial charge in [-0.05, 0) is 6.92 Å². The molecular formula is C3H7NO3. The van der Waals surface area contributed by atoms with Gasteiger partial charge in [0.05, 0.1) is 0 Å². The Morgan fingerprint density at radius 2 is 1.86 bits per heavy atom. The van der Waals surface area contributed by atoms with Crippen LogP contribution in [0.3, 0.4) is 0 Å². The van der Waals surface area contributed by atoms with Crippen molar-refractivity contribution in [3.05, 3.63) is 0 Å². The van der Waals surface area contributed by atoms with E-state index in [0.717, 1.165) is 0 Å². The van der Waals surface area contributed by atoms with Crippen molar-refractivity contribution in [2.75, 3.05) is 0 Å². The highest BCUT2D eigenvalue weighted by Crippen LogP contribution is 1.38. The highest BCUT2D eigenvalue weighted by Gasteiger charge is 1.34. The highest BCUT2D eigenvalue weighted by atomic mass is 16.4. The van der Waals surface area contributed by atoms with Gasteiger partial charge in [0.2, 0.25) is 0 Å². The first-order chi connectivity index (χ1) is 3.33. The third kappa shape index (κ3) is 11900. The lowest BCUT2D eigenvalue weighted by Gasteiger charge is -1.54. The summed E-state index contributed by atoms with van der Waals surface area (Å²) in [4.78, 5) is 8.36. The number of carbonyl (C=O) groups is 1. The third-order valence-electron chi connectivity index (χ3n) is 0.115. The molecule has 0 rings (SSSR count). The molecule has 2 N–H and O–H groups in total. The molecule has 0 aromatic rings. The maximum absolute atomic E-state index is 8.36. The van der Waals surface area contributed by atoms with E-state index >= 15 is 0 Å². The fourth-order valence-electron chi connectivity index (χ4n) is 0. The molecule has 0 unspecified atom stereocenters. The predicted molar refractivity (Wildman–Crippen MR) is 24.6 cm³/mol. The normalized spacial score (nSPS) is 7.00. The van der Waals surface area contributed by atoms with Gasteiger partial charge in [-0.1, -0.05) is 0 Å². The first-order valence-electron chi connectivity index (χ1n) is 1.53. The minimum absolute atomic E-state index is 0.250. The molecule has 0 aromatic carbocycles. The minimum atomic E-state index is -0.250. The Morgan fingerprint density at radius 1 is 1.71 bits per heavy atom. The summed E-state index contributed by atoms with van der Waals surface area (Å²) in [6, 6.07) is 0. The van der Waals surface area contributed by atoms with Crippen molar-refractivity contribution in [1.29, 1.82) is 0 Å². The van der Waals surface area contributed by atoms with E-state index in [1.165, 1.54) is 6.21 Å². The largest absolute Gasteiger partial charge is 0.483 e. The Hall–Kier alpha value is -1.06. The van der Waals surface area contributed by atoms with Crippen molar-refractivity contribution in [3.63, 3.8) is 0 Å². The molecule has 0 amide bonds. The molecule has 4 heteroatoms. The van der Waals surface area contributed by atoms with Crippen LogP contribution in [0.15, 0.2) is 5.16 Å². The number of nitrogens with zero attached hydrogens (tertiary/aromatic N) is 1. The first kappa shape index (κ1) is 9.34. The van der Waals surface area contributed by atoms with E-state index in [9.17, 15) is 0 Å². The van der Waals surface area contributed by atoms with Crippen molar-refractivity contribution >= 4 is 12.7 Å². The summed E-state index contributed by atoms with van der Waals surface area (Å²) in [6.07, 6.45) is 1.31. The standard InChI is InChI=1S/C2H5NO.CH2O2/c1-2-3-4;2-1-3/h2,4H,1H3;1H,(H,2,3). The van der Waals surface area contributed by atoms with Crippen LogP contribution in [0, 0.1) is 0 Å². The average molecular weight is 105 g/mol. The minimum Gasteiger partial charge on any atom is -0.483 e. The molecular weight excluding hydrogens is 98.0 g/mol. The lowest BCUT2D eigenvalue weighted by Crippen LogP contribution is -1.49. The number of hydrogen-bond donors (Lipinski definition) is 2. The van der Waals surface area contributed by atoms with Gasteiger partial charge in [-0.15, -0.1) is 5.16 Å². The zero-order valence-corrected chi connectivity index (χ0v) is 3.90. The van der Waals surface area contributed by atoms with Crippen molar-refractivity contribution in [3.8, 4) is 0 Å². The Balaban J connectivity index is 0. The lowest BCUT2D eigenvalue weighted by atomic mass is 10.9. The fourth-order valence-corrected chi connectivity index (χ4v) is 0. The van der Waals surface area contributed by atoms with E-state index in [-0.39, 0.29) is 6.47 Å². The second-order valence-electron chi connectivity index (χ2n) is 0.479. The van der Waals surface area contributed by atoms with Crippen molar-refractivity contribution < 1.29 is 15.1 Å². The lowest BCUT2D eigenvalue weighted by molar-refractivity contribution is -0.122. The monoisotopic (exact) mass is 105 g/mol. The summed E-state index contributed by atoms with van der Waals surface area (Å²) in [7, 11) is 0. The van der Waals surface area contributed by atoms with E-state index in [1.54, 1.807) is 6.92 Å². The van der Waals surface area contributed by atoms with Gasteiger partial charge >= 0.3 is 0 Å². The topological polar surface area (TPSA) is 69.9 Å². The first-order valence-corrected chi connectivity index (χ1v) is 1.53. The van der Waals surface area contributed by atoms with Crippen LogP contribution in [0.25, 0.3) is 0 Å². The van der Waals surface area contributed by atoms with Crippen molar-refractivity contribution in [2.24, 2.45) is 5.16 Å². The molecule has 7 heavy (non-hydrogen) atoms. The summed E-state index contributed by atoms with van der Waals surface area (Å²) in [5.41, 5.74) is 0. The molecule has 0 saturated heterocycles. The average Bonchev–Trinajstić information content (AvgIpc) is 1.69. The molecule has 42 valence electrons. The summed E-state index contributed by atoms with van der Waals surface area (Å²) in [6.45, 7) is 1.39. The third-order valence-corrected chi connectivity index (χ3v) is 0.115. The van der Waals surface area contributed by atoms with E-state index in [4.69, 9.17) is 15.1 Å². The molecule has 0 atom stereocenters. The van der Waals surface area contributed by atoms with Gasteiger partial charge in [0.15, 0.2) is 0 Å². The highest BCUT2D eigenvalue weighted by molar-refractivity contribution is 5.51. The Bertz CT molecular complexity index is 48.1. The van der Waals surface area contributed by atoms with E-state index in [0.29, 0.717) is 0 Å². The molecule has 0 aliphatic carbocycles. The van der Waals surface area contributed by atoms with Gasteiger partial charge in [-0.2, -0.15) is 0 Å². The summed E-state index contributed by atoms with van der Waals surface area (Å²) in [5, 5.41) is 16.9. The number of carboxylic acid groups (broad SMARTS) is 1. The van der Waals surface area contributed by atoms with Gasteiger partial charge in [-0.25, -0.2) is 0 Å². The van der Waals surface area contributed by atoms with Crippen LogP contribution in [-0.2, 0) is 4.79 Å². The summed E-state index contributed by atoms with van der Waals surface area (Å²) in [5.74, 6) is 0. The maximum atomic E-state index is 8.36. The Labute approximate surface area is 41.1 Å². The van der Waals surface area contributed by atoms with Crippen LogP contribution < -0.4 is 0 Å². The van der Waals surface area contributed by atoms with Gasteiger partial charge in [0, 0.05) is 6.21 Å². The van der Waals surface area contributed by atoms with E-state index in [1.807, 2.05) is 0 Å². The molecule has 0 radical (unpaired) electrons. The van der Waals surface area contributed by atoms with Gasteiger partial charge in [0.1, 0.15) is 0 Å². The smallest absolute Gasteiger partial charge is 0.290 e. The molecule has 0 aliphatic rings. The molecule has 0 aliphatic heterocycles. The van der Waals surface area contributed by atoms with Crippen LogP contribution in [0.2, 0.25) is 0 Å². The number of rotatable bonds is 0. The predicted octanol–water partition coefficient (Wildman–Crippen LogP) is 0.167. The van der Waals surface area contributed by atoms with Gasteiger partial charge in [0.25, 0.3) is 6.47 Å². The zero-order chi connectivity index (χ0) is 6.12. The quantitative estimate of drug-likeness (QED) is 0.199. The molecule has 0 fully saturated rings. The van der Waals surface area contributed by atoms with Crippen LogP contribution in [0.1, 0.15) is 6.92 Å². The second-order valence-corrected chi connectivity index (χ2v) is 0.479. The molecule has 4 nitrogen and oxygen atoms in total. The van der Waals surface area contributed by atoms with Crippen LogP contribution in [-0.4, -0.2) is 23.0 Å². The number of hydrogen-bond acceptors (Lipinski definition) is 3. The molecule has 0 aromatic heterocycles. The number of oxime groups is 1. The van der Waals surface area contributed by atoms with Gasteiger partial charge < -0.3 is 10.3 Å².